The number of rotatable bonds is 4. The third-order valence-electron chi connectivity index (χ3n) is 3.60. The molecule has 0 radical (unpaired) electrons. The molecule has 0 aliphatic heterocycles. The Balaban J connectivity index is 2.49. The molecule has 1 saturated carbocycles. The molecular formula is C14H25NO. The van der Waals surface area contributed by atoms with E-state index in [4.69, 9.17) is 0 Å². The number of hydrogen-bond donors (Lipinski definition) is 1. The molecule has 0 heterocycles. The summed E-state index contributed by atoms with van der Waals surface area (Å²) >= 11 is 0. The molecule has 1 unspecified atom stereocenters. The Bertz CT molecular complexity index is 251. The van der Waals surface area contributed by atoms with Crippen LogP contribution in [0.4, 0.5) is 0 Å². The molecule has 1 atom stereocenters. The number of amides is 1. The monoisotopic (exact) mass is 223 g/mol. The molecule has 1 amide bonds. The Labute approximate surface area is 99.5 Å². The molecule has 0 aromatic rings. The quantitative estimate of drug-likeness (QED) is 0.728. The number of nitrogens with one attached hydrogen (secondary N) is 1. The maximum absolute atomic E-state index is 11.6. The van der Waals surface area contributed by atoms with E-state index in [0.717, 1.165) is 11.5 Å². The standard InChI is InChI=1S/C14H25NO/c1-4-15-14(16)12(3)10-11(2)13-8-6-5-7-9-13/h10-11,13H,4-9H2,1-3H3,(H,15,16)/b12-10+. The summed E-state index contributed by atoms with van der Waals surface area (Å²) in [6.45, 7) is 6.83. The average molecular weight is 223 g/mol. The van der Waals surface area contributed by atoms with Gasteiger partial charge in [0.15, 0.2) is 0 Å². The maximum atomic E-state index is 11.6. The number of carbonyl (C=O) groups is 1. The van der Waals surface area contributed by atoms with Crippen molar-refractivity contribution in [1.82, 2.24) is 5.32 Å². The fraction of sp³-hybridized carbons (Fsp3) is 0.786. The van der Waals surface area contributed by atoms with E-state index in [1.165, 1.54) is 32.1 Å². The third-order valence-corrected chi connectivity index (χ3v) is 3.60. The summed E-state index contributed by atoms with van der Waals surface area (Å²) in [6.07, 6.45) is 8.94. The Morgan fingerprint density at radius 2 is 2.00 bits per heavy atom. The van der Waals surface area contributed by atoms with Crippen molar-refractivity contribution >= 4 is 5.91 Å². The number of carbonyl (C=O) groups excluding carboxylic acids is 1. The van der Waals surface area contributed by atoms with Crippen LogP contribution in [0.2, 0.25) is 0 Å². The number of hydrogen-bond acceptors (Lipinski definition) is 1. The van der Waals surface area contributed by atoms with E-state index in [2.05, 4.69) is 18.3 Å². The molecule has 0 spiro atoms. The first kappa shape index (κ1) is 13.3. The molecule has 1 aliphatic rings. The summed E-state index contributed by atoms with van der Waals surface area (Å²) < 4.78 is 0. The second-order valence-electron chi connectivity index (χ2n) is 4.97. The smallest absolute Gasteiger partial charge is 0.246 e. The summed E-state index contributed by atoms with van der Waals surface area (Å²) in [4.78, 5) is 11.6. The molecular weight excluding hydrogens is 198 g/mol. The van der Waals surface area contributed by atoms with Crippen LogP contribution in [0.25, 0.3) is 0 Å². The fourth-order valence-electron chi connectivity index (χ4n) is 2.57. The molecule has 0 aromatic carbocycles. The predicted octanol–water partition coefficient (Wildman–Crippen LogP) is 3.29. The van der Waals surface area contributed by atoms with Gasteiger partial charge in [-0.05, 0) is 38.5 Å². The van der Waals surface area contributed by atoms with E-state index in [1.807, 2.05) is 13.8 Å². The highest BCUT2D eigenvalue weighted by Gasteiger charge is 2.19. The van der Waals surface area contributed by atoms with Gasteiger partial charge in [0.1, 0.15) is 0 Å². The largest absolute Gasteiger partial charge is 0.353 e. The molecule has 0 aromatic heterocycles. The van der Waals surface area contributed by atoms with Crippen LogP contribution < -0.4 is 5.32 Å². The minimum absolute atomic E-state index is 0.0881. The van der Waals surface area contributed by atoms with Gasteiger partial charge < -0.3 is 5.32 Å². The first-order valence-electron chi connectivity index (χ1n) is 6.61. The van der Waals surface area contributed by atoms with Crippen LogP contribution in [-0.4, -0.2) is 12.5 Å². The summed E-state index contributed by atoms with van der Waals surface area (Å²) in [5, 5.41) is 2.85. The van der Waals surface area contributed by atoms with Gasteiger partial charge in [0.05, 0.1) is 0 Å². The van der Waals surface area contributed by atoms with Gasteiger partial charge in [0.2, 0.25) is 5.91 Å². The van der Waals surface area contributed by atoms with Crippen molar-refractivity contribution in [2.45, 2.75) is 52.9 Å². The average Bonchev–Trinajstić information content (AvgIpc) is 2.30. The first-order chi connectivity index (χ1) is 7.65. The molecule has 1 aliphatic carbocycles. The molecule has 1 fully saturated rings. The van der Waals surface area contributed by atoms with E-state index >= 15 is 0 Å². The van der Waals surface area contributed by atoms with E-state index in [1.54, 1.807) is 0 Å². The van der Waals surface area contributed by atoms with Crippen LogP contribution in [0, 0.1) is 11.8 Å². The van der Waals surface area contributed by atoms with Gasteiger partial charge in [-0.25, -0.2) is 0 Å². The topological polar surface area (TPSA) is 29.1 Å². The van der Waals surface area contributed by atoms with Crippen LogP contribution in [0.1, 0.15) is 52.9 Å². The maximum Gasteiger partial charge on any atom is 0.246 e. The van der Waals surface area contributed by atoms with Crippen LogP contribution in [0.3, 0.4) is 0 Å². The molecule has 0 bridgehead atoms. The normalized spacial score (nSPS) is 20.6. The van der Waals surface area contributed by atoms with Crippen LogP contribution in [-0.2, 0) is 4.79 Å². The van der Waals surface area contributed by atoms with Gasteiger partial charge in [0, 0.05) is 12.1 Å². The van der Waals surface area contributed by atoms with Crippen molar-refractivity contribution in [2.24, 2.45) is 11.8 Å². The Morgan fingerprint density at radius 3 is 2.56 bits per heavy atom. The molecule has 0 saturated heterocycles. The first-order valence-corrected chi connectivity index (χ1v) is 6.61. The van der Waals surface area contributed by atoms with Gasteiger partial charge in [0.25, 0.3) is 0 Å². The highest BCUT2D eigenvalue weighted by molar-refractivity contribution is 5.92. The van der Waals surface area contributed by atoms with Crippen molar-refractivity contribution in [3.63, 3.8) is 0 Å². The summed E-state index contributed by atoms with van der Waals surface area (Å²) in [7, 11) is 0. The molecule has 1 N–H and O–H groups in total. The lowest BCUT2D eigenvalue weighted by molar-refractivity contribution is -0.117. The van der Waals surface area contributed by atoms with Crippen LogP contribution >= 0.6 is 0 Å². The molecule has 2 nitrogen and oxygen atoms in total. The Morgan fingerprint density at radius 1 is 1.38 bits per heavy atom. The Kier molecular flexibility index (Phi) is 5.58. The lowest BCUT2D eigenvalue weighted by Crippen LogP contribution is -2.24. The van der Waals surface area contributed by atoms with Crippen molar-refractivity contribution in [3.05, 3.63) is 11.6 Å². The summed E-state index contributed by atoms with van der Waals surface area (Å²) in [5.74, 6) is 1.42. The highest BCUT2D eigenvalue weighted by atomic mass is 16.1. The zero-order chi connectivity index (χ0) is 12.0. The van der Waals surface area contributed by atoms with Crippen molar-refractivity contribution in [1.29, 1.82) is 0 Å². The lowest BCUT2D eigenvalue weighted by atomic mass is 9.80. The van der Waals surface area contributed by atoms with Crippen LogP contribution in [0.15, 0.2) is 11.6 Å². The van der Waals surface area contributed by atoms with E-state index in [-0.39, 0.29) is 5.91 Å². The zero-order valence-corrected chi connectivity index (χ0v) is 10.9. The van der Waals surface area contributed by atoms with Gasteiger partial charge in [-0.15, -0.1) is 0 Å². The SMILES string of the molecule is CCNC(=O)/C(C)=C/C(C)C1CCCCC1. The second kappa shape index (κ2) is 6.72. The number of allylic oxidation sites excluding steroid dienone is 1. The van der Waals surface area contributed by atoms with Crippen molar-refractivity contribution in [3.8, 4) is 0 Å². The van der Waals surface area contributed by atoms with Gasteiger partial charge in [-0.2, -0.15) is 0 Å². The van der Waals surface area contributed by atoms with Crippen molar-refractivity contribution in [2.75, 3.05) is 6.54 Å². The second-order valence-corrected chi connectivity index (χ2v) is 4.97. The third kappa shape index (κ3) is 3.99. The Hall–Kier alpha value is -0.790. The van der Waals surface area contributed by atoms with Gasteiger partial charge in [-0.1, -0.05) is 32.3 Å². The minimum atomic E-state index is 0.0881. The molecule has 1 rings (SSSR count). The minimum Gasteiger partial charge on any atom is -0.353 e. The van der Waals surface area contributed by atoms with E-state index in [9.17, 15) is 4.79 Å². The van der Waals surface area contributed by atoms with Gasteiger partial charge >= 0.3 is 0 Å². The van der Waals surface area contributed by atoms with Crippen LogP contribution in [0.5, 0.6) is 0 Å². The molecule has 2 heteroatoms. The predicted molar refractivity (Wildman–Crippen MR) is 68.2 cm³/mol. The fourth-order valence-corrected chi connectivity index (χ4v) is 2.57. The lowest BCUT2D eigenvalue weighted by Gasteiger charge is -2.26. The summed E-state index contributed by atoms with van der Waals surface area (Å²) in [5.41, 5.74) is 0.875. The number of likely N-dealkylation sites (N-methyl/N-ethyl adjacent to an activating group) is 1. The molecule has 92 valence electrons. The molecule has 16 heavy (non-hydrogen) atoms. The summed E-state index contributed by atoms with van der Waals surface area (Å²) in [6, 6.07) is 0. The van der Waals surface area contributed by atoms with E-state index in [0.29, 0.717) is 12.5 Å². The zero-order valence-electron chi connectivity index (χ0n) is 10.9. The van der Waals surface area contributed by atoms with Gasteiger partial charge in [-0.3, -0.25) is 4.79 Å². The van der Waals surface area contributed by atoms with E-state index < -0.39 is 0 Å². The van der Waals surface area contributed by atoms with Crippen molar-refractivity contribution < 1.29 is 4.79 Å². The highest BCUT2D eigenvalue weighted by Crippen LogP contribution is 2.30.